The van der Waals surface area contributed by atoms with Gasteiger partial charge in [0.2, 0.25) is 26.0 Å². The maximum absolute atomic E-state index is 12.5. The second-order valence-electron chi connectivity index (χ2n) is 16.0. The Morgan fingerprint density at radius 2 is 1.19 bits per heavy atom. The molecule has 4 aliphatic rings. The average Bonchev–Trinajstić information content (AvgIpc) is 3.59. The van der Waals surface area contributed by atoms with Crippen LogP contribution in [0.2, 0.25) is 0 Å². The van der Waals surface area contributed by atoms with Crippen LogP contribution in [0, 0.1) is 37.5 Å². The van der Waals surface area contributed by atoms with E-state index in [0.717, 1.165) is 49.4 Å². The van der Waals surface area contributed by atoms with E-state index >= 15 is 0 Å². The van der Waals surface area contributed by atoms with E-state index in [9.17, 15) is 21.6 Å². The summed E-state index contributed by atoms with van der Waals surface area (Å²) >= 11 is 3.43. The Kier molecular flexibility index (Phi) is 14.0. The summed E-state index contributed by atoms with van der Waals surface area (Å²) in [5.74, 6) is 2.21. The fourth-order valence-corrected chi connectivity index (χ4v) is 11.7. The summed E-state index contributed by atoms with van der Waals surface area (Å²) < 4.78 is 51.1. The number of carbonyl (C=O) groups is 1. The van der Waals surface area contributed by atoms with Crippen molar-refractivity contribution in [2.75, 3.05) is 54.7 Å². The molecule has 57 heavy (non-hydrogen) atoms. The molecule has 4 heterocycles. The maximum atomic E-state index is 12.5. The molecule has 0 radical (unpaired) electrons. The van der Waals surface area contributed by atoms with Crippen molar-refractivity contribution in [2.45, 2.75) is 38.5 Å². The van der Waals surface area contributed by atoms with Crippen molar-refractivity contribution in [1.82, 2.24) is 9.80 Å². The van der Waals surface area contributed by atoms with Crippen LogP contribution in [-0.4, -0.2) is 95.1 Å². The van der Waals surface area contributed by atoms with Crippen molar-refractivity contribution < 1.29 is 41.9 Å². The second kappa shape index (κ2) is 17.5. The molecule has 15 heteroatoms. The van der Waals surface area contributed by atoms with Gasteiger partial charge in [0.1, 0.15) is 0 Å². The zero-order valence-corrected chi connectivity index (χ0v) is 36.4. The SMILES string of the molecule is Cc1ccsc1/C=C/C(=O)N1CC2C(C1)C2(C)c1cccc(NS(C)(=O)=O)c1.Cc1ccsc1/C=C/CN1CC2C(C1)C2(C)c1cccc(NS(C)(=O)=O)c1.[AlH3].[H-].[Li+]. The Bertz CT molecular complexity index is 2360. The number of piperidine rings is 2. The van der Waals surface area contributed by atoms with Gasteiger partial charge in [-0.2, -0.15) is 0 Å². The van der Waals surface area contributed by atoms with E-state index in [4.69, 9.17) is 0 Å². The molecule has 9 nitrogen and oxygen atoms in total. The minimum Gasteiger partial charge on any atom is -1.00 e. The predicted octanol–water partition coefficient (Wildman–Crippen LogP) is 3.38. The Hall–Kier alpha value is -2.62. The van der Waals surface area contributed by atoms with E-state index in [1.807, 2.05) is 53.6 Å². The van der Waals surface area contributed by atoms with Crippen LogP contribution >= 0.6 is 22.7 Å². The van der Waals surface area contributed by atoms with Gasteiger partial charge in [0.25, 0.3) is 0 Å². The van der Waals surface area contributed by atoms with Gasteiger partial charge in [-0.25, -0.2) is 16.8 Å². The molecule has 2 aliphatic carbocycles. The standard InChI is InChI=1S/C21H24N2O3S2.C21H26N2O2S2.Al.Li.4H/c1-14-9-10-27-19(14)7-8-20(24)23-12-17-18(13-23)21(17,2)15-5-4-6-16(11-15)22-28(3,25)26;1-15-9-11-26-20(15)8-5-10-23-13-18-19(14-23)21(18,2)16-6-4-7-17(12-16)22-27(3,24)25;;;;;;/h4-11,17-18,22H,12-13H2,1-3H3;4-9,11-12,18-19,22H,10,13-14H2,1-3H3;;;;;;/q;;;+1;;;;-1/b8-7+;8-5+;;;;;;. The van der Waals surface area contributed by atoms with Crippen LogP contribution in [0.4, 0.5) is 11.4 Å². The van der Waals surface area contributed by atoms with Crippen LogP contribution in [0.25, 0.3) is 12.2 Å². The van der Waals surface area contributed by atoms with Crippen molar-refractivity contribution in [2.24, 2.45) is 23.7 Å². The smallest absolute Gasteiger partial charge is 1.00 e. The van der Waals surface area contributed by atoms with E-state index in [0.29, 0.717) is 35.0 Å². The van der Waals surface area contributed by atoms with E-state index in [1.165, 1.54) is 27.8 Å². The number of fused-ring (bicyclic) bond motifs is 2. The van der Waals surface area contributed by atoms with E-state index in [1.54, 1.807) is 34.8 Å². The monoisotopic (exact) mass is 856 g/mol. The fourth-order valence-electron chi connectivity index (χ4n) is 8.96. The second-order valence-corrected chi connectivity index (χ2v) is 21.4. The predicted molar refractivity (Wildman–Crippen MR) is 239 cm³/mol. The van der Waals surface area contributed by atoms with Crippen molar-refractivity contribution in [1.29, 1.82) is 0 Å². The summed E-state index contributed by atoms with van der Waals surface area (Å²) in [5.41, 5.74) is 6.33. The molecule has 2 saturated carbocycles. The minimum atomic E-state index is -3.30. The number of amides is 1. The molecular formula is C42H54AlLiN4O5S4. The number of carbonyl (C=O) groups excluding carboxylic acids is 1. The molecule has 1 amide bonds. The van der Waals surface area contributed by atoms with Gasteiger partial charge in [-0.3, -0.25) is 19.1 Å². The molecule has 2 saturated heterocycles. The molecule has 0 bridgehead atoms. The number of anilines is 2. The van der Waals surface area contributed by atoms with E-state index < -0.39 is 20.0 Å². The van der Waals surface area contributed by atoms with Gasteiger partial charge in [-0.15, -0.1) is 22.7 Å². The Balaban J connectivity index is 0.000000244. The number of likely N-dealkylation sites (tertiary alicyclic amines) is 2. The number of sulfonamides is 2. The molecule has 0 spiro atoms. The van der Waals surface area contributed by atoms with Gasteiger partial charge >= 0.3 is 18.9 Å². The third-order valence-corrected chi connectivity index (χ3v) is 15.5. The first-order chi connectivity index (χ1) is 26.0. The van der Waals surface area contributed by atoms with Crippen molar-refractivity contribution in [3.63, 3.8) is 0 Å². The van der Waals surface area contributed by atoms with Crippen LogP contribution in [0.15, 0.2) is 83.6 Å². The third-order valence-electron chi connectivity index (χ3n) is 12.3. The van der Waals surface area contributed by atoms with Gasteiger partial charge in [0.05, 0.1) is 12.5 Å². The summed E-state index contributed by atoms with van der Waals surface area (Å²) in [4.78, 5) is 19.5. The summed E-state index contributed by atoms with van der Waals surface area (Å²) in [7, 11) is -6.54. The van der Waals surface area contributed by atoms with Crippen LogP contribution in [0.5, 0.6) is 0 Å². The van der Waals surface area contributed by atoms with Crippen molar-refractivity contribution >= 4 is 89.5 Å². The first-order valence-electron chi connectivity index (χ1n) is 18.6. The number of thiophene rings is 2. The summed E-state index contributed by atoms with van der Waals surface area (Å²) in [6, 6.07) is 19.7. The molecule has 2 N–H and O–H groups in total. The normalized spacial score (nSPS) is 26.2. The van der Waals surface area contributed by atoms with Crippen LogP contribution in [0.1, 0.15) is 47.3 Å². The van der Waals surface area contributed by atoms with Gasteiger partial charge in [0, 0.05) is 70.8 Å². The molecule has 2 aromatic heterocycles. The number of benzene rings is 2. The molecule has 4 fully saturated rings. The molecular weight excluding hydrogens is 803 g/mol. The minimum absolute atomic E-state index is 0. The molecule has 4 atom stereocenters. The molecule has 2 aromatic carbocycles. The van der Waals surface area contributed by atoms with Gasteiger partial charge < -0.3 is 6.33 Å². The summed E-state index contributed by atoms with van der Waals surface area (Å²) in [6.45, 7) is 13.4. The Morgan fingerprint density at radius 3 is 1.61 bits per heavy atom. The molecule has 4 unspecified atom stereocenters. The van der Waals surface area contributed by atoms with Gasteiger partial charge in [-0.05, 0) is 119 Å². The number of aryl methyl sites for hydroxylation is 2. The zero-order chi connectivity index (χ0) is 39.3. The number of nitrogens with zero attached hydrogens (tertiary/aromatic N) is 2. The van der Waals surface area contributed by atoms with Crippen LogP contribution in [-0.2, 0) is 35.7 Å². The van der Waals surface area contributed by atoms with Gasteiger partial charge in [0.15, 0.2) is 17.4 Å². The van der Waals surface area contributed by atoms with Crippen LogP contribution < -0.4 is 28.3 Å². The van der Waals surface area contributed by atoms with Crippen molar-refractivity contribution in [3.05, 3.63) is 116 Å². The number of rotatable bonds is 11. The summed E-state index contributed by atoms with van der Waals surface area (Å²) in [6.07, 6.45) is 10.4. The molecule has 8 rings (SSSR count). The Morgan fingerprint density at radius 1 is 0.754 bits per heavy atom. The molecule has 2 aliphatic heterocycles. The first kappa shape index (κ1) is 45.5. The van der Waals surface area contributed by atoms with E-state index in [-0.39, 0.29) is 54.4 Å². The zero-order valence-electron chi connectivity index (χ0n) is 34.2. The molecule has 4 aromatic rings. The van der Waals surface area contributed by atoms with Crippen molar-refractivity contribution in [3.8, 4) is 0 Å². The largest absolute Gasteiger partial charge is 1.00 e. The number of hydrogen-bond acceptors (Lipinski definition) is 8. The Labute approximate surface area is 370 Å². The summed E-state index contributed by atoms with van der Waals surface area (Å²) in [5, 5.41) is 4.17. The number of nitrogens with one attached hydrogen (secondary N) is 2. The first-order valence-corrected chi connectivity index (χ1v) is 24.1. The average molecular weight is 857 g/mol. The van der Waals surface area contributed by atoms with E-state index in [2.05, 4.69) is 76.9 Å². The maximum Gasteiger partial charge on any atom is 1.00 e. The third kappa shape index (κ3) is 10.1. The molecule has 300 valence electrons. The van der Waals surface area contributed by atoms with Crippen LogP contribution in [0.3, 0.4) is 0 Å². The number of hydrogen-bond donors (Lipinski definition) is 2. The fraction of sp³-hybridized carbons (Fsp3) is 0.405. The quantitative estimate of drug-likeness (QED) is 0.177. The topological polar surface area (TPSA) is 116 Å². The van der Waals surface area contributed by atoms with Gasteiger partial charge in [-0.1, -0.05) is 44.2 Å².